The Labute approximate surface area is 227 Å². The quantitative estimate of drug-likeness (QED) is 0.253. The smallest absolute Gasteiger partial charge is 0.333 e. The van der Waals surface area contributed by atoms with Gasteiger partial charge in [0.1, 0.15) is 12.4 Å². The summed E-state index contributed by atoms with van der Waals surface area (Å²) in [6, 6.07) is 15.1. The van der Waals surface area contributed by atoms with Crippen molar-refractivity contribution < 1.29 is 24.2 Å². The van der Waals surface area contributed by atoms with Crippen molar-refractivity contribution in [1.29, 1.82) is 0 Å². The largest absolute Gasteiger partial charge is 0.492 e. The molecule has 2 aromatic rings. The highest BCUT2D eigenvalue weighted by Crippen LogP contribution is 2.27. The molecule has 2 N–H and O–H groups in total. The van der Waals surface area contributed by atoms with Crippen LogP contribution in [-0.2, 0) is 16.0 Å². The van der Waals surface area contributed by atoms with E-state index in [0.717, 1.165) is 35.6 Å². The number of hydrogen-bond donors (Lipinski definition) is 2. The van der Waals surface area contributed by atoms with Crippen molar-refractivity contribution in [3.8, 4) is 5.75 Å². The third kappa shape index (κ3) is 10.4. The maximum absolute atomic E-state index is 13.1. The minimum absolute atomic E-state index is 0.110. The van der Waals surface area contributed by atoms with Crippen LogP contribution in [0.2, 0.25) is 0 Å². The van der Waals surface area contributed by atoms with Gasteiger partial charge in [-0.1, -0.05) is 74.8 Å². The Hall–Kier alpha value is -3.06. The summed E-state index contributed by atoms with van der Waals surface area (Å²) in [6.45, 7) is 5.72. The molecule has 0 aliphatic heterocycles. The fraction of sp³-hybridized carbons (Fsp3) is 0.548. The van der Waals surface area contributed by atoms with Gasteiger partial charge in [0, 0.05) is 25.3 Å². The summed E-state index contributed by atoms with van der Waals surface area (Å²) in [5.41, 5.74) is 2.81. The van der Waals surface area contributed by atoms with Gasteiger partial charge >= 0.3 is 12.0 Å². The minimum Gasteiger partial charge on any atom is -0.492 e. The Bertz CT molecular complexity index is 971. The van der Waals surface area contributed by atoms with Gasteiger partial charge < -0.3 is 24.8 Å². The number of hydrogen-bond acceptors (Lipinski definition) is 4. The number of aliphatic carboxylic acids is 1. The van der Waals surface area contributed by atoms with Crippen molar-refractivity contribution in [3.63, 3.8) is 0 Å². The van der Waals surface area contributed by atoms with E-state index >= 15 is 0 Å². The molecule has 38 heavy (non-hydrogen) atoms. The molecule has 3 rings (SSSR count). The second-order valence-electron chi connectivity index (χ2n) is 10.3. The summed E-state index contributed by atoms with van der Waals surface area (Å²) in [6.07, 6.45) is 9.63. The fourth-order valence-corrected chi connectivity index (χ4v) is 4.99. The number of carboxylic acids is 1. The number of aryl methyl sites for hydroxylation is 1. The van der Waals surface area contributed by atoms with E-state index in [-0.39, 0.29) is 6.03 Å². The average Bonchev–Trinajstić information content (AvgIpc) is 2.92. The number of nitrogens with one attached hydrogen (secondary N) is 1. The van der Waals surface area contributed by atoms with Crippen molar-refractivity contribution in [2.24, 2.45) is 5.92 Å². The molecular formula is C31H44N2O5. The molecule has 208 valence electrons. The molecule has 0 spiro atoms. The van der Waals surface area contributed by atoms with Crippen LogP contribution >= 0.6 is 0 Å². The summed E-state index contributed by atoms with van der Waals surface area (Å²) >= 11 is 0. The first-order valence-electron chi connectivity index (χ1n) is 14.1. The second kappa shape index (κ2) is 16.0. The van der Waals surface area contributed by atoms with E-state index in [1.165, 1.54) is 38.5 Å². The fourth-order valence-electron chi connectivity index (χ4n) is 4.99. The SMILES string of the molecule is CCOC(Cc1ccc(OCCN(CCCCC2CCCCC2)C(=O)Nc2ccc(C)cc2)cc1)C(=O)O. The molecule has 0 bridgehead atoms. The number of amides is 2. The van der Waals surface area contributed by atoms with Crippen LogP contribution in [0.1, 0.15) is 69.4 Å². The van der Waals surface area contributed by atoms with Crippen LogP contribution in [0.5, 0.6) is 5.75 Å². The van der Waals surface area contributed by atoms with Crippen LogP contribution in [0, 0.1) is 12.8 Å². The van der Waals surface area contributed by atoms with Crippen molar-refractivity contribution in [1.82, 2.24) is 4.90 Å². The number of ether oxygens (including phenoxy) is 2. The highest BCUT2D eigenvalue weighted by Gasteiger charge is 2.18. The zero-order valence-corrected chi connectivity index (χ0v) is 23.0. The Morgan fingerprint density at radius 2 is 1.71 bits per heavy atom. The predicted molar refractivity (Wildman–Crippen MR) is 151 cm³/mol. The first-order valence-corrected chi connectivity index (χ1v) is 14.1. The Balaban J connectivity index is 1.50. The van der Waals surface area contributed by atoms with Crippen LogP contribution in [-0.4, -0.2) is 54.4 Å². The van der Waals surface area contributed by atoms with E-state index in [0.29, 0.717) is 38.5 Å². The summed E-state index contributed by atoms with van der Waals surface area (Å²) in [5, 5.41) is 12.3. The maximum Gasteiger partial charge on any atom is 0.333 e. The number of carbonyl (C=O) groups excluding carboxylic acids is 1. The van der Waals surface area contributed by atoms with Gasteiger partial charge in [0.25, 0.3) is 0 Å². The van der Waals surface area contributed by atoms with E-state index in [9.17, 15) is 14.7 Å². The van der Waals surface area contributed by atoms with Gasteiger partial charge in [0.2, 0.25) is 0 Å². The Morgan fingerprint density at radius 1 is 1.00 bits per heavy atom. The lowest BCUT2D eigenvalue weighted by Crippen LogP contribution is -2.38. The average molecular weight is 525 g/mol. The van der Waals surface area contributed by atoms with E-state index in [4.69, 9.17) is 9.47 Å². The van der Waals surface area contributed by atoms with Crippen molar-refractivity contribution in [2.75, 3.05) is 31.6 Å². The number of urea groups is 1. The lowest BCUT2D eigenvalue weighted by atomic mass is 9.86. The van der Waals surface area contributed by atoms with Crippen molar-refractivity contribution in [3.05, 3.63) is 59.7 Å². The van der Waals surface area contributed by atoms with Gasteiger partial charge in [-0.15, -0.1) is 0 Å². The minimum atomic E-state index is -0.963. The van der Waals surface area contributed by atoms with Crippen molar-refractivity contribution >= 4 is 17.7 Å². The third-order valence-electron chi connectivity index (χ3n) is 7.22. The Morgan fingerprint density at radius 3 is 2.37 bits per heavy atom. The molecule has 2 aromatic carbocycles. The molecule has 1 aliphatic carbocycles. The van der Waals surface area contributed by atoms with E-state index < -0.39 is 12.1 Å². The van der Waals surface area contributed by atoms with Gasteiger partial charge in [0.15, 0.2) is 6.10 Å². The molecule has 7 nitrogen and oxygen atoms in total. The van der Waals surface area contributed by atoms with Gasteiger partial charge in [-0.3, -0.25) is 0 Å². The molecule has 1 saturated carbocycles. The number of carboxylic acid groups (broad SMARTS) is 1. The zero-order chi connectivity index (χ0) is 27.2. The highest BCUT2D eigenvalue weighted by atomic mass is 16.5. The van der Waals surface area contributed by atoms with Crippen LogP contribution in [0.4, 0.5) is 10.5 Å². The zero-order valence-electron chi connectivity index (χ0n) is 23.0. The Kier molecular flexibility index (Phi) is 12.4. The molecule has 1 unspecified atom stereocenters. The molecule has 0 radical (unpaired) electrons. The number of carbonyl (C=O) groups is 2. The van der Waals surface area contributed by atoms with E-state index in [1.807, 2.05) is 60.4 Å². The van der Waals surface area contributed by atoms with Gasteiger partial charge in [-0.05, 0) is 56.0 Å². The van der Waals surface area contributed by atoms with E-state index in [2.05, 4.69) is 5.32 Å². The molecule has 0 saturated heterocycles. The topological polar surface area (TPSA) is 88.1 Å². The number of rotatable bonds is 15. The normalized spacial score (nSPS) is 14.6. The highest BCUT2D eigenvalue weighted by molar-refractivity contribution is 5.89. The molecule has 0 heterocycles. The van der Waals surface area contributed by atoms with Crippen LogP contribution < -0.4 is 10.1 Å². The maximum atomic E-state index is 13.1. The molecule has 0 aromatic heterocycles. The van der Waals surface area contributed by atoms with Crippen LogP contribution in [0.25, 0.3) is 0 Å². The first-order chi connectivity index (χ1) is 18.4. The second-order valence-corrected chi connectivity index (χ2v) is 10.3. The monoisotopic (exact) mass is 524 g/mol. The van der Waals surface area contributed by atoms with Crippen molar-refractivity contribution in [2.45, 2.75) is 77.7 Å². The number of nitrogens with zero attached hydrogens (tertiary/aromatic N) is 1. The lowest BCUT2D eigenvalue weighted by molar-refractivity contribution is -0.149. The van der Waals surface area contributed by atoms with Crippen LogP contribution in [0.3, 0.4) is 0 Å². The molecule has 7 heteroatoms. The molecule has 2 amide bonds. The van der Waals surface area contributed by atoms with Gasteiger partial charge in [-0.25, -0.2) is 9.59 Å². The predicted octanol–water partition coefficient (Wildman–Crippen LogP) is 6.69. The summed E-state index contributed by atoms with van der Waals surface area (Å²) < 4.78 is 11.2. The summed E-state index contributed by atoms with van der Waals surface area (Å²) in [5.74, 6) is 0.576. The van der Waals surface area contributed by atoms with Gasteiger partial charge in [0.05, 0.1) is 6.54 Å². The first kappa shape index (κ1) is 29.5. The summed E-state index contributed by atoms with van der Waals surface area (Å²) in [4.78, 5) is 26.3. The number of unbranched alkanes of at least 4 members (excludes halogenated alkanes) is 1. The van der Waals surface area contributed by atoms with E-state index in [1.54, 1.807) is 6.92 Å². The molecule has 1 aliphatic rings. The number of benzene rings is 2. The summed E-state index contributed by atoms with van der Waals surface area (Å²) in [7, 11) is 0. The standard InChI is InChI=1S/C31H44N2O5/c1-3-37-29(30(34)35)23-26-14-18-28(19-15-26)38-22-21-33(20-8-7-11-25-9-5-4-6-10-25)31(36)32-27-16-12-24(2)13-17-27/h12-19,25,29H,3-11,20-23H2,1-2H3,(H,32,36)(H,34,35). The molecule has 1 atom stereocenters. The molecule has 1 fully saturated rings. The van der Waals surface area contributed by atoms with Crippen LogP contribution in [0.15, 0.2) is 48.5 Å². The lowest BCUT2D eigenvalue weighted by Gasteiger charge is -2.25. The number of anilines is 1. The third-order valence-corrected chi connectivity index (χ3v) is 7.22. The van der Waals surface area contributed by atoms with Gasteiger partial charge in [-0.2, -0.15) is 0 Å². The molecular weight excluding hydrogens is 480 g/mol.